The number of anilines is 2. The highest BCUT2D eigenvalue weighted by Gasteiger charge is 2.30. The molecule has 1 aliphatic rings. The third-order valence-corrected chi connectivity index (χ3v) is 6.16. The average molecular weight is 483 g/mol. The van der Waals surface area contributed by atoms with E-state index in [4.69, 9.17) is 25.8 Å². The fraction of sp³-hybridized carbons (Fsp3) is 0.333. The van der Waals surface area contributed by atoms with E-state index < -0.39 is 27.9 Å². The molecule has 0 aromatic heterocycles. The van der Waals surface area contributed by atoms with Crippen LogP contribution in [-0.2, 0) is 19.6 Å². The van der Waals surface area contributed by atoms with Gasteiger partial charge < -0.3 is 19.5 Å². The Morgan fingerprint density at radius 2 is 1.84 bits per heavy atom. The maximum atomic E-state index is 12.9. The van der Waals surface area contributed by atoms with Gasteiger partial charge in [-0.25, -0.2) is 13.2 Å². The summed E-state index contributed by atoms with van der Waals surface area (Å²) in [5.41, 5.74) is 0.715. The van der Waals surface area contributed by atoms with Crippen molar-refractivity contribution < 1.29 is 32.2 Å². The molecule has 1 aliphatic heterocycles. The highest BCUT2D eigenvalue weighted by molar-refractivity contribution is 7.92. The van der Waals surface area contributed by atoms with Gasteiger partial charge in [-0.2, -0.15) is 0 Å². The van der Waals surface area contributed by atoms with E-state index in [1.165, 1.54) is 31.2 Å². The van der Waals surface area contributed by atoms with Crippen LogP contribution in [0.5, 0.6) is 11.5 Å². The summed E-state index contributed by atoms with van der Waals surface area (Å²) < 4.78 is 42.0. The number of halogens is 1. The number of rotatable bonds is 7. The van der Waals surface area contributed by atoms with E-state index in [1.54, 1.807) is 19.1 Å². The van der Waals surface area contributed by atoms with Gasteiger partial charge in [0.2, 0.25) is 15.9 Å². The minimum atomic E-state index is -3.83. The summed E-state index contributed by atoms with van der Waals surface area (Å²) in [7, 11) is -3.83. The van der Waals surface area contributed by atoms with Crippen molar-refractivity contribution in [2.24, 2.45) is 0 Å². The van der Waals surface area contributed by atoms with E-state index in [9.17, 15) is 18.0 Å². The largest absolute Gasteiger partial charge is 0.486 e. The standard InChI is InChI=1S/C21H23ClN2O7S/c1-4-29-21(26)14-5-7-17(16(22)11-14)23-20(25)13(2)24(32(3,27)28)15-6-8-18-19(12-15)31-10-9-30-18/h5-8,11-13H,4,9-10H2,1-3H3,(H,23,25)/t13-/m0/s1. The third-order valence-electron chi connectivity index (χ3n) is 4.61. The lowest BCUT2D eigenvalue weighted by molar-refractivity contribution is -0.116. The Hall–Kier alpha value is -2.98. The minimum absolute atomic E-state index is 0.112. The van der Waals surface area contributed by atoms with E-state index in [0.717, 1.165) is 10.6 Å². The second-order valence-corrected chi connectivity index (χ2v) is 9.23. The number of sulfonamides is 1. The van der Waals surface area contributed by atoms with Gasteiger partial charge in [0.1, 0.15) is 19.3 Å². The predicted octanol–water partition coefficient (Wildman–Crippen LogP) is 3.08. The topological polar surface area (TPSA) is 111 Å². The molecule has 2 aromatic rings. The summed E-state index contributed by atoms with van der Waals surface area (Å²) in [4.78, 5) is 24.7. The maximum Gasteiger partial charge on any atom is 0.338 e. The molecule has 1 atom stereocenters. The van der Waals surface area contributed by atoms with Crippen molar-refractivity contribution in [3.8, 4) is 11.5 Å². The van der Waals surface area contributed by atoms with Gasteiger partial charge in [-0.3, -0.25) is 9.10 Å². The first-order chi connectivity index (χ1) is 15.1. The molecule has 0 bridgehead atoms. The van der Waals surface area contributed by atoms with Crippen LogP contribution in [0, 0.1) is 0 Å². The van der Waals surface area contributed by atoms with Gasteiger partial charge in [0.15, 0.2) is 11.5 Å². The predicted molar refractivity (Wildman–Crippen MR) is 120 cm³/mol. The molecule has 32 heavy (non-hydrogen) atoms. The van der Waals surface area contributed by atoms with Crippen molar-refractivity contribution in [2.75, 3.05) is 35.7 Å². The smallest absolute Gasteiger partial charge is 0.338 e. The Kier molecular flexibility index (Phi) is 7.15. The second-order valence-electron chi connectivity index (χ2n) is 6.97. The fourth-order valence-corrected chi connectivity index (χ4v) is 4.57. The van der Waals surface area contributed by atoms with Crippen LogP contribution in [0.25, 0.3) is 0 Å². The molecule has 0 spiro atoms. The summed E-state index contributed by atoms with van der Waals surface area (Å²) in [6, 6.07) is 7.81. The zero-order valence-corrected chi connectivity index (χ0v) is 19.3. The van der Waals surface area contributed by atoms with Crippen LogP contribution in [0.15, 0.2) is 36.4 Å². The molecule has 0 aliphatic carbocycles. The van der Waals surface area contributed by atoms with Crippen LogP contribution >= 0.6 is 11.6 Å². The Morgan fingerprint density at radius 1 is 1.16 bits per heavy atom. The van der Waals surface area contributed by atoms with Crippen LogP contribution < -0.4 is 19.1 Å². The van der Waals surface area contributed by atoms with E-state index in [2.05, 4.69) is 5.32 Å². The molecule has 9 nitrogen and oxygen atoms in total. The monoisotopic (exact) mass is 482 g/mol. The summed E-state index contributed by atoms with van der Waals surface area (Å²) >= 11 is 6.20. The molecule has 3 rings (SSSR count). The SMILES string of the molecule is CCOC(=O)c1ccc(NC(=O)[C@H](C)N(c2ccc3c(c2)OCCO3)S(C)(=O)=O)c(Cl)c1. The van der Waals surface area contributed by atoms with E-state index in [-0.39, 0.29) is 28.6 Å². The number of hydrogen-bond acceptors (Lipinski definition) is 7. The summed E-state index contributed by atoms with van der Waals surface area (Å²) in [5.74, 6) is -0.259. The van der Waals surface area contributed by atoms with Gasteiger partial charge in [0, 0.05) is 6.07 Å². The molecule has 1 N–H and O–H groups in total. The first kappa shape index (κ1) is 23.7. The molecule has 1 amide bonds. The van der Waals surface area contributed by atoms with Crippen molar-refractivity contribution in [3.05, 3.63) is 47.0 Å². The van der Waals surface area contributed by atoms with Crippen LogP contribution in [0.2, 0.25) is 5.02 Å². The first-order valence-corrected chi connectivity index (χ1v) is 12.0. The number of benzene rings is 2. The normalized spacial score (nSPS) is 13.8. The summed E-state index contributed by atoms with van der Waals surface area (Å²) in [6.07, 6.45) is 1.01. The van der Waals surface area contributed by atoms with Crippen LogP contribution in [0.3, 0.4) is 0 Å². The quantitative estimate of drug-likeness (QED) is 0.603. The number of nitrogens with zero attached hydrogens (tertiary/aromatic N) is 1. The van der Waals surface area contributed by atoms with Crippen molar-refractivity contribution >= 4 is 44.9 Å². The Morgan fingerprint density at radius 3 is 2.47 bits per heavy atom. The van der Waals surface area contributed by atoms with Gasteiger partial charge in [-0.15, -0.1) is 0 Å². The Balaban J connectivity index is 1.84. The number of fused-ring (bicyclic) bond motifs is 1. The molecule has 1 heterocycles. The second kappa shape index (κ2) is 9.66. The average Bonchev–Trinajstić information content (AvgIpc) is 2.74. The zero-order valence-electron chi connectivity index (χ0n) is 17.8. The summed E-state index contributed by atoms with van der Waals surface area (Å²) in [5, 5.41) is 2.72. The van der Waals surface area contributed by atoms with Crippen molar-refractivity contribution in [1.82, 2.24) is 0 Å². The third kappa shape index (κ3) is 5.25. The van der Waals surface area contributed by atoms with Crippen molar-refractivity contribution in [1.29, 1.82) is 0 Å². The number of esters is 1. The van der Waals surface area contributed by atoms with Gasteiger partial charge in [0.05, 0.1) is 34.8 Å². The van der Waals surface area contributed by atoms with Gasteiger partial charge in [-0.1, -0.05) is 11.6 Å². The first-order valence-electron chi connectivity index (χ1n) is 9.78. The lowest BCUT2D eigenvalue weighted by atomic mass is 10.2. The molecule has 0 radical (unpaired) electrons. The van der Waals surface area contributed by atoms with Crippen LogP contribution in [-0.4, -0.2) is 52.4 Å². The minimum Gasteiger partial charge on any atom is -0.486 e. The highest BCUT2D eigenvalue weighted by atomic mass is 35.5. The molecule has 0 fully saturated rings. The molecule has 11 heteroatoms. The molecule has 2 aromatic carbocycles. The Bertz CT molecular complexity index is 1140. The number of nitrogens with one attached hydrogen (secondary N) is 1. The van der Waals surface area contributed by atoms with Crippen LogP contribution in [0.1, 0.15) is 24.2 Å². The number of amides is 1. The molecular weight excluding hydrogens is 460 g/mol. The molecule has 0 unspecified atom stereocenters. The van der Waals surface area contributed by atoms with Gasteiger partial charge in [-0.05, 0) is 44.2 Å². The van der Waals surface area contributed by atoms with Gasteiger partial charge >= 0.3 is 5.97 Å². The lowest BCUT2D eigenvalue weighted by Gasteiger charge is -2.29. The highest BCUT2D eigenvalue weighted by Crippen LogP contribution is 2.35. The van der Waals surface area contributed by atoms with Crippen molar-refractivity contribution in [3.63, 3.8) is 0 Å². The molecule has 0 saturated carbocycles. The lowest BCUT2D eigenvalue weighted by Crippen LogP contribution is -2.45. The molecule has 0 saturated heterocycles. The van der Waals surface area contributed by atoms with Gasteiger partial charge in [0.25, 0.3) is 0 Å². The fourth-order valence-electron chi connectivity index (χ4n) is 3.17. The van der Waals surface area contributed by atoms with Crippen molar-refractivity contribution in [2.45, 2.75) is 19.9 Å². The van der Waals surface area contributed by atoms with E-state index in [0.29, 0.717) is 24.7 Å². The summed E-state index contributed by atoms with van der Waals surface area (Å²) in [6.45, 7) is 4.09. The maximum absolute atomic E-state index is 12.9. The van der Waals surface area contributed by atoms with E-state index >= 15 is 0 Å². The number of ether oxygens (including phenoxy) is 3. The van der Waals surface area contributed by atoms with Crippen LogP contribution in [0.4, 0.5) is 11.4 Å². The number of carbonyl (C=O) groups excluding carboxylic acids is 2. The number of carbonyl (C=O) groups is 2. The zero-order chi connectivity index (χ0) is 23.5. The molecule has 172 valence electrons. The number of hydrogen-bond donors (Lipinski definition) is 1. The van der Waals surface area contributed by atoms with E-state index in [1.807, 2.05) is 0 Å². The Labute approximate surface area is 191 Å². The molecular formula is C21H23ClN2O7S.